The summed E-state index contributed by atoms with van der Waals surface area (Å²) < 4.78 is 1.79. The quantitative estimate of drug-likeness (QED) is 0.787. The number of carbonyl (C=O) groups excluding carboxylic acids is 1. The number of fused-ring (bicyclic) bond motifs is 1. The topological polar surface area (TPSA) is 63.1 Å². The third-order valence-electron chi connectivity index (χ3n) is 3.07. The molecule has 2 aromatic rings. The summed E-state index contributed by atoms with van der Waals surface area (Å²) in [7, 11) is 0. The van der Waals surface area contributed by atoms with Gasteiger partial charge in [0.05, 0.1) is 5.52 Å². The van der Waals surface area contributed by atoms with Crippen molar-refractivity contribution in [2.45, 2.75) is 13.5 Å². The highest BCUT2D eigenvalue weighted by Crippen LogP contribution is 2.08. The molecule has 1 aromatic heterocycles. The number of halogens is 1. The van der Waals surface area contributed by atoms with Gasteiger partial charge in [-0.2, -0.15) is 0 Å². The predicted molar refractivity (Wildman–Crippen MR) is 87.0 cm³/mol. The zero-order valence-electron chi connectivity index (χ0n) is 12.0. The van der Waals surface area contributed by atoms with Crippen LogP contribution in [0.25, 0.3) is 10.9 Å². The predicted octanol–water partition coefficient (Wildman–Crippen LogP) is 1.15. The van der Waals surface area contributed by atoms with Crippen molar-refractivity contribution in [3.8, 4) is 0 Å². The molecule has 21 heavy (non-hydrogen) atoms. The molecular formula is C15H20ClN3O2. The Morgan fingerprint density at radius 1 is 1.19 bits per heavy atom. The van der Waals surface area contributed by atoms with E-state index >= 15 is 0 Å². The number of nitrogens with zero attached hydrogens (tertiary/aromatic N) is 1. The number of rotatable bonds is 6. The second-order valence-electron chi connectivity index (χ2n) is 4.53. The van der Waals surface area contributed by atoms with Crippen molar-refractivity contribution < 1.29 is 4.79 Å². The lowest BCUT2D eigenvalue weighted by atomic mass is 10.2. The van der Waals surface area contributed by atoms with Crippen LogP contribution in [0.4, 0.5) is 0 Å². The third-order valence-corrected chi connectivity index (χ3v) is 3.07. The summed E-state index contributed by atoms with van der Waals surface area (Å²) in [4.78, 5) is 23.6. The number of para-hydroxylation sites is 1. The second-order valence-corrected chi connectivity index (χ2v) is 4.53. The van der Waals surface area contributed by atoms with Crippen molar-refractivity contribution in [3.63, 3.8) is 0 Å². The highest BCUT2D eigenvalue weighted by Gasteiger charge is 2.05. The summed E-state index contributed by atoms with van der Waals surface area (Å²) in [6.07, 6.45) is 1.66. The van der Waals surface area contributed by atoms with Crippen molar-refractivity contribution in [2.24, 2.45) is 0 Å². The first-order valence-corrected chi connectivity index (χ1v) is 6.78. The van der Waals surface area contributed by atoms with Crippen LogP contribution < -0.4 is 16.1 Å². The van der Waals surface area contributed by atoms with Crippen LogP contribution in [-0.2, 0) is 11.3 Å². The van der Waals surface area contributed by atoms with Crippen LogP contribution in [0, 0.1) is 0 Å². The molecule has 2 N–H and O–H groups in total. The first-order valence-electron chi connectivity index (χ1n) is 6.78. The minimum Gasteiger partial charge on any atom is -0.353 e. The molecule has 0 unspecified atom stereocenters. The minimum atomic E-state index is -0.0586. The van der Waals surface area contributed by atoms with Crippen molar-refractivity contribution in [1.29, 1.82) is 0 Å². The van der Waals surface area contributed by atoms with Crippen LogP contribution >= 0.6 is 12.4 Å². The Bertz CT molecular complexity index is 655. The van der Waals surface area contributed by atoms with Gasteiger partial charge in [-0.15, -0.1) is 12.4 Å². The summed E-state index contributed by atoms with van der Waals surface area (Å²) in [6.45, 7) is 4.49. The van der Waals surface area contributed by atoms with Gasteiger partial charge in [0.1, 0.15) is 6.54 Å². The molecule has 6 heteroatoms. The summed E-state index contributed by atoms with van der Waals surface area (Å²) in [5.74, 6) is -0.0586. The fourth-order valence-electron chi connectivity index (χ4n) is 2.08. The fourth-order valence-corrected chi connectivity index (χ4v) is 2.08. The lowest BCUT2D eigenvalue weighted by molar-refractivity contribution is -0.121. The van der Waals surface area contributed by atoms with Crippen molar-refractivity contribution in [2.75, 3.05) is 19.6 Å². The molecular weight excluding hydrogens is 290 g/mol. The van der Waals surface area contributed by atoms with Gasteiger partial charge in [0.25, 0.3) is 0 Å². The molecule has 0 bridgehead atoms. The number of hydrogen-bond acceptors (Lipinski definition) is 3. The molecule has 1 amide bonds. The first-order chi connectivity index (χ1) is 9.72. The van der Waals surface area contributed by atoms with E-state index in [4.69, 9.17) is 0 Å². The fraction of sp³-hybridized carbons (Fsp3) is 0.333. The second kappa shape index (κ2) is 8.44. The molecule has 0 saturated carbocycles. The molecule has 5 nitrogen and oxygen atoms in total. The smallest absolute Gasteiger partial charge is 0.239 e. The normalized spacial score (nSPS) is 10.1. The van der Waals surface area contributed by atoms with Crippen molar-refractivity contribution in [1.82, 2.24) is 15.2 Å². The Kier molecular flexibility index (Phi) is 6.91. The first kappa shape index (κ1) is 17.2. The number of amides is 1. The maximum absolute atomic E-state index is 11.9. The molecule has 0 atom stereocenters. The highest BCUT2D eigenvalue weighted by atomic mass is 35.5. The Balaban J connectivity index is 0.00000220. The van der Waals surface area contributed by atoms with E-state index in [0.29, 0.717) is 11.9 Å². The van der Waals surface area contributed by atoms with Crippen LogP contribution in [0.2, 0.25) is 0 Å². The molecule has 0 fully saturated rings. The van der Waals surface area contributed by atoms with E-state index in [2.05, 4.69) is 10.6 Å². The van der Waals surface area contributed by atoms with E-state index in [1.54, 1.807) is 16.8 Å². The van der Waals surface area contributed by atoms with E-state index in [0.717, 1.165) is 18.6 Å². The zero-order chi connectivity index (χ0) is 14.4. The van der Waals surface area contributed by atoms with Gasteiger partial charge in [0, 0.05) is 30.7 Å². The SMILES string of the molecule is CCNCCNC(=O)Cn1ccc(=O)c2ccccc21.Cl. The van der Waals surface area contributed by atoms with Gasteiger partial charge in [0.15, 0.2) is 5.43 Å². The summed E-state index contributed by atoms with van der Waals surface area (Å²) in [5, 5.41) is 6.62. The number of likely N-dealkylation sites (N-methyl/N-ethyl adjacent to an activating group) is 1. The van der Waals surface area contributed by atoms with E-state index in [1.807, 2.05) is 25.1 Å². The largest absolute Gasteiger partial charge is 0.353 e. The zero-order valence-corrected chi connectivity index (χ0v) is 12.8. The van der Waals surface area contributed by atoms with E-state index in [-0.39, 0.29) is 30.3 Å². The lowest BCUT2D eigenvalue weighted by Gasteiger charge is -2.11. The van der Waals surface area contributed by atoms with Crippen LogP contribution in [0.3, 0.4) is 0 Å². The molecule has 0 aliphatic rings. The molecule has 0 aliphatic carbocycles. The average Bonchev–Trinajstić information content (AvgIpc) is 2.47. The van der Waals surface area contributed by atoms with E-state index in [1.165, 1.54) is 6.07 Å². The molecule has 0 saturated heterocycles. The van der Waals surface area contributed by atoms with Gasteiger partial charge in [-0.1, -0.05) is 19.1 Å². The monoisotopic (exact) mass is 309 g/mol. The number of benzene rings is 1. The van der Waals surface area contributed by atoms with Crippen LogP contribution in [-0.4, -0.2) is 30.1 Å². The van der Waals surface area contributed by atoms with Crippen molar-refractivity contribution >= 4 is 29.2 Å². The number of pyridine rings is 1. The van der Waals surface area contributed by atoms with Gasteiger partial charge in [-0.05, 0) is 18.7 Å². The minimum absolute atomic E-state index is 0. The van der Waals surface area contributed by atoms with Crippen LogP contribution in [0.1, 0.15) is 6.92 Å². The summed E-state index contributed by atoms with van der Waals surface area (Å²) in [5.41, 5.74) is 0.756. The molecule has 1 aromatic carbocycles. The van der Waals surface area contributed by atoms with Crippen LogP contribution in [0.15, 0.2) is 41.3 Å². The van der Waals surface area contributed by atoms with Crippen LogP contribution in [0.5, 0.6) is 0 Å². The third kappa shape index (κ3) is 4.58. The standard InChI is InChI=1S/C15H19N3O2.ClH/c1-2-16-8-9-17-15(20)11-18-10-7-14(19)12-5-3-4-6-13(12)18;/h3-7,10,16H,2,8-9,11H2,1H3,(H,17,20);1H. The molecule has 1 heterocycles. The number of hydrogen-bond donors (Lipinski definition) is 2. The summed E-state index contributed by atoms with van der Waals surface area (Å²) >= 11 is 0. The number of aromatic nitrogens is 1. The van der Waals surface area contributed by atoms with Gasteiger partial charge >= 0.3 is 0 Å². The van der Waals surface area contributed by atoms with Gasteiger partial charge in [-0.3, -0.25) is 9.59 Å². The molecule has 0 radical (unpaired) electrons. The Morgan fingerprint density at radius 3 is 2.71 bits per heavy atom. The average molecular weight is 310 g/mol. The van der Waals surface area contributed by atoms with E-state index < -0.39 is 0 Å². The Hall–Kier alpha value is -1.85. The highest BCUT2D eigenvalue weighted by molar-refractivity contribution is 5.85. The molecule has 0 spiro atoms. The molecule has 114 valence electrons. The van der Waals surface area contributed by atoms with Gasteiger partial charge < -0.3 is 15.2 Å². The Labute approximate surface area is 129 Å². The van der Waals surface area contributed by atoms with Gasteiger partial charge in [0.2, 0.25) is 5.91 Å². The maximum Gasteiger partial charge on any atom is 0.239 e. The lowest BCUT2D eigenvalue weighted by Crippen LogP contribution is -2.34. The Morgan fingerprint density at radius 2 is 1.95 bits per heavy atom. The number of carbonyl (C=O) groups is 1. The van der Waals surface area contributed by atoms with Crippen molar-refractivity contribution in [3.05, 3.63) is 46.8 Å². The maximum atomic E-state index is 11.9. The van der Waals surface area contributed by atoms with E-state index in [9.17, 15) is 9.59 Å². The van der Waals surface area contributed by atoms with Gasteiger partial charge in [-0.25, -0.2) is 0 Å². The molecule has 0 aliphatic heterocycles. The number of nitrogens with one attached hydrogen (secondary N) is 2. The summed E-state index contributed by atoms with van der Waals surface area (Å²) in [6, 6.07) is 8.81. The molecule has 2 rings (SSSR count).